The van der Waals surface area contributed by atoms with Gasteiger partial charge in [-0.15, -0.1) is 5.10 Å². The van der Waals surface area contributed by atoms with E-state index in [4.69, 9.17) is 4.52 Å². The highest BCUT2D eigenvalue weighted by atomic mass is 16.5. The summed E-state index contributed by atoms with van der Waals surface area (Å²) in [6.45, 7) is 7.04. The van der Waals surface area contributed by atoms with E-state index in [1.54, 1.807) is 12.3 Å². The van der Waals surface area contributed by atoms with Gasteiger partial charge in [0, 0.05) is 12.6 Å². The van der Waals surface area contributed by atoms with Crippen molar-refractivity contribution in [3.05, 3.63) is 18.0 Å². The molecule has 19 heavy (non-hydrogen) atoms. The van der Waals surface area contributed by atoms with Crippen molar-refractivity contribution in [2.24, 2.45) is 5.92 Å². The molecule has 0 aliphatic rings. The van der Waals surface area contributed by atoms with Gasteiger partial charge < -0.3 is 15.2 Å². The first-order chi connectivity index (χ1) is 9.13. The molecule has 7 heteroatoms. The van der Waals surface area contributed by atoms with Gasteiger partial charge in [0.1, 0.15) is 5.76 Å². The second-order valence-corrected chi connectivity index (χ2v) is 4.72. The number of nitrogens with zero attached hydrogens (tertiary/aromatic N) is 4. The summed E-state index contributed by atoms with van der Waals surface area (Å²) >= 11 is 0. The molecule has 0 spiro atoms. The highest BCUT2D eigenvalue weighted by molar-refractivity contribution is 5.48. The van der Waals surface area contributed by atoms with Crippen molar-refractivity contribution in [3.63, 3.8) is 0 Å². The number of anilines is 3. The molecule has 0 unspecified atom stereocenters. The van der Waals surface area contributed by atoms with E-state index in [0.29, 0.717) is 23.5 Å². The van der Waals surface area contributed by atoms with Crippen molar-refractivity contribution in [2.75, 3.05) is 17.2 Å². The van der Waals surface area contributed by atoms with Crippen LogP contribution in [0, 0.1) is 12.8 Å². The zero-order chi connectivity index (χ0) is 13.7. The Morgan fingerprint density at radius 1 is 1.32 bits per heavy atom. The standard InChI is InChI=1S/C12H18N6O/c1-8(2)4-5-13-11-7-14-17-12(16-11)15-10-6-9(3)19-18-10/h6-8H,4-5H2,1-3H3,(H2,13,15,16,17,18). The summed E-state index contributed by atoms with van der Waals surface area (Å²) in [6, 6.07) is 1.77. The van der Waals surface area contributed by atoms with E-state index in [9.17, 15) is 0 Å². The van der Waals surface area contributed by atoms with Gasteiger partial charge in [-0.2, -0.15) is 10.1 Å². The van der Waals surface area contributed by atoms with Gasteiger partial charge in [-0.1, -0.05) is 19.0 Å². The Bertz CT molecular complexity index is 524. The fourth-order valence-corrected chi connectivity index (χ4v) is 1.47. The van der Waals surface area contributed by atoms with Crippen molar-refractivity contribution in [3.8, 4) is 0 Å². The zero-order valence-corrected chi connectivity index (χ0v) is 11.3. The third-order valence-electron chi connectivity index (χ3n) is 2.45. The highest BCUT2D eigenvalue weighted by Crippen LogP contribution is 2.13. The molecule has 0 saturated heterocycles. The molecule has 0 radical (unpaired) electrons. The van der Waals surface area contributed by atoms with E-state index in [0.717, 1.165) is 18.7 Å². The number of hydrogen-bond donors (Lipinski definition) is 2. The van der Waals surface area contributed by atoms with E-state index in [1.165, 1.54) is 0 Å². The largest absolute Gasteiger partial charge is 0.369 e. The molecule has 2 aromatic heterocycles. The molecule has 0 amide bonds. The Morgan fingerprint density at radius 3 is 2.84 bits per heavy atom. The second-order valence-electron chi connectivity index (χ2n) is 4.72. The monoisotopic (exact) mass is 262 g/mol. The lowest BCUT2D eigenvalue weighted by Gasteiger charge is -2.07. The second kappa shape index (κ2) is 6.12. The summed E-state index contributed by atoms with van der Waals surface area (Å²) in [6.07, 6.45) is 2.68. The molecule has 0 saturated carbocycles. The van der Waals surface area contributed by atoms with Crippen molar-refractivity contribution in [1.82, 2.24) is 20.3 Å². The average molecular weight is 262 g/mol. The lowest BCUT2D eigenvalue weighted by Crippen LogP contribution is -2.08. The number of aryl methyl sites for hydroxylation is 1. The van der Waals surface area contributed by atoms with Crippen molar-refractivity contribution in [2.45, 2.75) is 27.2 Å². The summed E-state index contributed by atoms with van der Waals surface area (Å²) in [5, 5.41) is 17.7. The number of aromatic nitrogens is 4. The quantitative estimate of drug-likeness (QED) is 0.826. The molecule has 102 valence electrons. The number of hydrogen-bond acceptors (Lipinski definition) is 7. The first kappa shape index (κ1) is 13.3. The third-order valence-corrected chi connectivity index (χ3v) is 2.45. The predicted molar refractivity (Wildman–Crippen MR) is 72.3 cm³/mol. The minimum absolute atomic E-state index is 0.392. The van der Waals surface area contributed by atoms with Crippen LogP contribution < -0.4 is 10.6 Å². The molecule has 7 nitrogen and oxygen atoms in total. The Hall–Kier alpha value is -2.18. The lowest BCUT2D eigenvalue weighted by molar-refractivity contribution is 0.400. The first-order valence-corrected chi connectivity index (χ1v) is 6.27. The van der Waals surface area contributed by atoms with Gasteiger partial charge in [-0.3, -0.25) is 0 Å². The fraction of sp³-hybridized carbons (Fsp3) is 0.500. The minimum atomic E-state index is 0.392. The minimum Gasteiger partial charge on any atom is -0.369 e. The van der Waals surface area contributed by atoms with E-state index in [1.807, 2.05) is 6.92 Å². The van der Waals surface area contributed by atoms with Crippen molar-refractivity contribution < 1.29 is 4.52 Å². The molecular formula is C12H18N6O. The van der Waals surface area contributed by atoms with Crippen LogP contribution in [0.15, 0.2) is 16.8 Å². The smallest absolute Gasteiger partial charge is 0.250 e. The zero-order valence-electron chi connectivity index (χ0n) is 11.3. The van der Waals surface area contributed by atoms with Crippen LogP contribution in [0.2, 0.25) is 0 Å². The molecule has 2 heterocycles. The van der Waals surface area contributed by atoms with E-state index in [-0.39, 0.29) is 0 Å². The highest BCUT2D eigenvalue weighted by Gasteiger charge is 2.04. The third kappa shape index (κ3) is 4.20. The maximum absolute atomic E-state index is 4.95. The van der Waals surface area contributed by atoms with Crippen LogP contribution in [0.1, 0.15) is 26.0 Å². The van der Waals surface area contributed by atoms with Crippen LogP contribution in [-0.4, -0.2) is 26.9 Å². The number of rotatable bonds is 6. The van der Waals surface area contributed by atoms with E-state index < -0.39 is 0 Å². The predicted octanol–water partition coefficient (Wildman–Crippen LogP) is 2.37. The Balaban J connectivity index is 1.95. The Labute approximate surface area is 111 Å². The summed E-state index contributed by atoms with van der Waals surface area (Å²) in [5.41, 5.74) is 0. The van der Waals surface area contributed by atoms with Crippen LogP contribution >= 0.6 is 0 Å². The molecule has 2 rings (SSSR count). The maximum atomic E-state index is 4.95. The van der Waals surface area contributed by atoms with Gasteiger partial charge in [0.2, 0.25) is 5.95 Å². The molecule has 0 aliphatic heterocycles. The summed E-state index contributed by atoms with van der Waals surface area (Å²) in [4.78, 5) is 4.30. The number of nitrogens with one attached hydrogen (secondary N) is 2. The Morgan fingerprint density at radius 2 is 2.16 bits per heavy atom. The topological polar surface area (TPSA) is 88.8 Å². The van der Waals surface area contributed by atoms with Crippen LogP contribution in [0.25, 0.3) is 0 Å². The summed E-state index contributed by atoms with van der Waals surface area (Å²) in [7, 11) is 0. The van der Waals surface area contributed by atoms with Gasteiger partial charge in [0.05, 0.1) is 6.20 Å². The lowest BCUT2D eigenvalue weighted by atomic mass is 10.1. The van der Waals surface area contributed by atoms with Gasteiger partial charge in [0.25, 0.3) is 0 Å². The molecule has 0 atom stereocenters. The normalized spacial score (nSPS) is 10.7. The van der Waals surface area contributed by atoms with Gasteiger partial charge in [0.15, 0.2) is 11.6 Å². The molecule has 0 aromatic carbocycles. The van der Waals surface area contributed by atoms with Crippen molar-refractivity contribution >= 4 is 17.6 Å². The SMILES string of the molecule is Cc1cc(Nc2nncc(NCCC(C)C)n2)no1. The fourth-order valence-electron chi connectivity index (χ4n) is 1.47. The molecular weight excluding hydrogens is 244 g/mol. The molecule has 2 N–H and O–H groups in total. The van der Waals surface area contributed by atoms with Crippen molar-refractivity contribution in [1.29, 1.82) is 0 Å². The van der Waals surface area contributed by atoms with Crippen LogP contribution in [0.5, 0.6) is 0 Å². The van der Waals surface area contributed by atoms with Gasteiger partial charge in [-0.25, -0.2) is 0 Å². The first-order valence-electron chi connectivity index (χ1n) is 6.27. The van der Waals surface area contributed by atoms with Gasteiger partial charge >= 0.3 is 0 Å². The average Bonchev–Trinajstić information content (AvgIpc) is 2.75. The summed E-state index contributed by atoms with van der Waals surface area (Å²) < 4.78 is 4.95. The maximum Gasteiger partial charge on any atom is 0.250 e. The van der Waals surface area contributed by atoms with E-state index >= 15 is 0 Å². The summed E-state index contributed by atoms with van der Waals surface area (Å²) in [5.74, 6) is 3.03. The Kier molecular flexibility index (Phi) is 4.27. The van der Waals surface area contributed by atoms with Crippen LogP contribution in [0.3, 0.4) is 0 Å². The molecule has 2 aromatic rings. The van der Waals surface area contributed by atoms with E-state index in [2.05, 4.69) is 44.8 Å². The van der Waals surface area contributed by atoms with Gasteiger partial charge in [-0.05, 0) is 19.3 Å². The molecule has 0 fully saturated rings. The van der Waals surface area contributed by atoms with Crippen LogP contribution in [-0.2, 0) is 0 Å². The van der Waals surface area contributed by atoms with Crippen LogP contribution in [0.4, 0.5) is 17.6 Å². The molecule has 0 aliphatic carbocycles. The molecule has 0 bridgehead atoms.